The van der Waals surface area contributed by atoms with E-state index in [1.165, 1.54) is 42.6 Å². The topological polar surface area (TPSA) is 15.6 Å². The summed E-state index contributed by atoms with van der Waals surface area (Å²) in [5.41, 5.74) is 3.98. The van der Waals surface area contributed by atoms with Gasteiger partial charge >= 0.3 is 0 Å². The largest absolute Gasteiger partial charge is 0.258 e. The van der Waals surface area contributed by atoms with Gasteiger partial charge in [-0.25, -0.2) is 0 Å². The Morgan fingerprint density at radius 2 is 1.62 bits per heavy atom. The summed E-state index contributed by atoms with van der Waals surface area (Å²) in [6.07, 6.45) is 4.98. The molecule has 1 aliphatic heterocycles. The Morgan fingerprint density at radius 1 is 0.905 bits per heavy atom. The van der Waals surface area contributed by atoms with Crippen molar-refractivity contribution in [3.05, 3.63) is 66.2 Å². The van der Waals surface area contributed by atoms with Crippen molar-refractivity contribution in [1.82, 2.24) is 0 Å². The highest BCUT2D eigenvalue weighted by Gasteiger charge is 2.34. The number of rotatable bonds is 2. The van der Waals surface area contributed by atoms with Crippen LogP contribution in [0.5, 0.6) is 0 Å². The van der Waals surface area contributed by atoms with Crippen molar-refractivity contribution in [2.75, 3.05) is 5.01 Å². The molecule has 0 N–H and O–H groups in total. The average Bonchev–Trinajstić information content (AvgIpc) is 3.03. The van der Waals surface area contributed by atoms with Crippen LogP contribution in [-0.4, -0.2) is 5.71 Å². The highest BCUT2D eigenvalue weighted by molar-refractivity contribution is 5.90. The molecule has 0 amide bonds. The quantitative estimate of drug-likeness (QED) is 0.769. The van der Waals surface area contributed by atoms with Crippen LogP contribution < -0.4 is 5.01 Å². The average molecular weight is 276 g/mol. The second kappa shape index (κ2) is 5.36. The van der Waals surface area contributed by atoms with Crippen LogP contribution in [0, 0.1) is 5.92 Å². The monoisotopic (exact) mass is 276 g/mol. The van der Waals surface area contributed by atoms with E-state index in [-0.39, 0.29) is 0 Å². The van der Waals surface area contributed by atoms with Crippen molar-refractivity contribution in [3.8, 4) is 0 Å². The molecule has 106 valence electrons. The molecule has 4 rings (SSSR count). The van der Waals surface area contributed by atoms with Crippen LogP contribution in [0.4, 0.5) is 5.69 Å². The van der Waals surface area contributed by atoms with E-state index >= 15 is 0 Å². The Bertz CT molecular complexity index is 633. The number of hydrogen-bond donors (Lipinski definition) is 0. The minimum absolute atomic E-state index is 0.362. The van der Waals surface area contributed by atoms with Crippen molar-refractivity contribution in [2.24, 2.45) is 11.0 Å². The highest BCUT2D eigenvalue weighted by Crippen LogP contribution is 2.41. The SMILES string of the molecule is c1ccc(C2CC3CCCC3=NN2c2ccccc2)cc1. The second-order valence-corrected chi connectivity index (χ2v) is 6.02. The van der Waals surface area contributed by atoms with E-state index in [4.69, 9.17) is 5.10 Å². The minimum Gasteiger partial charge on any atom is -0.258 e. The van der Waals surface area contributed by atoms with Crippen LogP contribution in [0.2, 0.25) is 0 Å². The first kappa shape index (κ1) is 12.6. The number of para-hydroxylation sites is 1. The molecule has 0 spiro atoms. The van der Waals surface area contributed by atoms with Gasteiger partial charge < -0.3 is 0 Å². The lowest BCUT2D eigenvalue weighted by molar-refractivity contribution is 0.479. The first-order chi connectivity index (χ1) is 10.4. The van der Waals surface area contributed by atoms with Gasteiger partial charge in [-0.3, -0.25) is 5.01 Å². The number of hydrogen-bond acceptors (Lipinski definition) is 2. The fraction of sp³-hybridized carbons (Fsp3) is 0.316. The number of benzene rings is 2. The summed E-state index contributed by atoms with van der Waals surface area (Å²) in [5.74, 6) is 0.690. The molecule has 0 aromatic heterocycles. The molecule has 1 aliphatic carbocycles. The van der Waals surface area contributed by atoms with Crippen LogP contribution >= 0.6 is 0 Å². The third kappa shape index (κ3) is 2.35. The maximum atomic E-state index is 5.02. The van der Waals surface area contributed by atoms with Gasteiger partial charge in [0.2, 0.25) is 0 Å². The Hall–Kier alpha value is -2.09. The maximum Gasteiger partial charge on any atom is 0.0781 e. The van der Waals surface area contributed by atoms with Crippen molar-refractivity contribution in [3.63, 3.8) is 0 Å². The molecule has 2 atom stereocenters. The molecule has 0 radical (unpaired) electrons. The summed E-state index contributed by atoms with van der Waals surface area (Å²) in [6.45, 7) is 0. The lowest BCUT2D eigenvalue weighted by Crippen LogP contribution is -2.33. The standard InChI is InChI=1S/C19H20N2/c1-3-8-15(9-4-1)19-14-16-10-7-13-18(16)20-21(19)17-11-5-2-6-12-17/h1-6,8-9,11-12,16,19H,7,10,13-14H2. The summed E-state index contributed by atoms with van der Waals surface area (Å²) in [6, 6.07) is 21.8. The van der Waals surface area contributed by atoms with Gasteiger partial charge in [0.25, 0.3) is 0 Å². The number of anilines is 1. The number of nitrogens with zero attached hydrogens (tertiary/aromatic N) is 2. The van der Waals surface area contributed by atoms with Crippen LogP contribution in [0.15, 0.2) is 65.8 Å². The second-order valence-electron chi connectivity index (χ2n) is 6.02. The van der Waals surface area contributed by atoms with Gasteiger partial charge in [0.1, 0.15) is 0 Å². The zero-order valence-corrected chi connectivity index (χ0v) is 12.2. The van der Waals surface area contributed by atoms with Gasteiger partial charge in [-0.2, -0.15) is 5.10 Å². The van der Waals surface area contributed by atoms with Crippen LogP contribution in [0.1, 0.15) is 37.3 Å². The summed E-state index contributed by atoms with van der Waals surface area (Å²) >= 11 is 0. The molecule has 1 saturated carbocycles. The molecule has 2 aromatic rings. The third-order valence-electron chi connectivity index (χ3n) is 4.70. The van der Waals surface area contributed by atoms with Crippen molar-refractivity contribution >= 4 is 11.4 Å². The van der Waals surface area contributed by atoms with Gasteiger partial charge in [-0.15, -0.1) is 0 Å². The summed E-state index contributed by atoms with van der Waals surface area (Å²) in [5, 5.41) is 7.26. The molecular formula is C19H20N2. The number of fused-ring (bicyclic) bond motifs is 1. The van der Waals surface area contributed by atoms with E-state index in [2.05, 4.69) is 65.7 Å². The number of hydrazone groups is 1. The van der Waals surface area contributed by atoms with E-state index < -0.39 is 0 Å². The zero-order valence-electron chi connectivity index (χ0n) is 12.2. The van der Waals surface area contributed by atoms with E-state index in [0.717, 1.165) is 0 Å². The van der Waals surface area contributed by atoms with E-state index in [0.29, 0.717) is 12.0 Å². The Kier molecular flexibility index (Phi) is 3.23. The van der Waals surface area contributed by atoms with E-state index in [1.54, 1.807) is 0 Å². The lowest BCUT2D eigenvalue weighted by atomic mass is 9.90. The molecule has 2 unspecified atom stereocenters. The maximum absolute atomic E-state index is 5.02. The van der Waals surface area contributed by atoms with E-state index in [9.17, 15) is 0 Å². The molecule has 2 aliphatic rings. The summed E-state index contributed by atoms with van der Waals surface area (Å²) in [7, 11) is 0. The zero-order chi connectivity index (χ0) is 14.1. The van der Waals surface area contributed by atoms with Crippen molar-refractivity contribution in [2.45, 2.75) is 31.7 Å². The fourth-order valence-corrected chi connectivity index (χ4v) is 3.63. The molecular weight excluding hydrogens is 256 g/mol. The Morgan fingerprint density at radius 3 is 2.38 bits per heavy atom. The Labute approximate surface area is 126 Å². The first-order valence-electron chi connectivity index (χ1n) is 7.88. The van der Waals surface area contributed by atoms with Crippen molar-refractivity contribution in [1.29, 1.82) is 0 Å². The molecule has 2 heteroatoms. The molecule has 1 heterocycles. The van der Waals surface area contributed by atoms with Crippen LogP contribution in [0.3, 0.4) is 0 Å². The minimum atomic E-state index is 0.362. The van der Waals surface area contributed by atoms with Gasteiger partial charge in [0.05, 0.1) is 11.7 Å². The van der Waals surface area contributed by atoms with Gasteiger partial charge in [-0.05, 0) is 43.4 Å². The normalized spacial score (nSPS) is 24.6. The predicted octanol–water partition coefficient (Wildman–Crippen LogP) is 4.79. The van der Waals surface area contributed by atoms with Crippen LogP contribution in [0.25, 0.3) is 0 Å². The van der Waals surface area contributed by atoms with Gasteiger partial charge in [-0.1, -0.05) is 48.5 Å². The van der Waals surface area contributed by atoms with E-state index in [1.807, 2.05) is 0 Å². The predicted molar refractivity (Wildman–Crippen MR) is 87.5 cm³/mol. The molecule has 21 heavy (non-hydrogen) atoms. The molecule has 1 fully saturated rings. The molecule has 0 saturated heterocycles. The summed E-state index contributed by atoms with van der Waals surface area (Å²) in [4.78, 5) is 0. The van der Waals surface area contributed by atoms with Crippen molar-refractivity contribution < 1.29 is 0 Å². The molecule has 2 aromatic carbocycles. The molecule has 2 nitrogen and oxygen atoms in total. The third-order valence-corrected chi connectivity index (χ3v) is 4.70. The van der Waals surface area contributed by atoms with Gasteiger partial charge in [0.15, 0.2) is 0 Å². The lowest BCUT2D eigenvalue weighted by Gasteiger charge is -2.36. The van der Waals surface area contributed by atoms with Crippen LogP contribution in [-0.2, 0) is 0 Å². The summed E-state index contributed by atoms with van der Waals surface area (Å²) < 4.78 is 0. The first-order valence-corrected chi connectivity index (χ1v) is 7.88. The molecule has 0 bridgehead atoms. The smallest absolute Gasteiger partial charge is 0.0781 e. The Balaban J connectivity index is 1.77. The van der Waals surface area contributed by atoms with Gasteiger partial charge in [0, 0.05) is 11.6 Å². The fourth-order valence-electron chi connectivity index (χ4n) is 3.63. The highest BCUT2D eigenvalue weighted by atomic mass is 15.5.